The Morgan fingerprint density at radius 1 is 1.44 bits per heavy atom. The first-order valence-corrected chi connectivity index (χ1v) is 9.95. The van der Waals surface area contributed by atoms with Crippen LogP contribution in [0.25, 0.3) is 0 Å². The summed E-state index contributed by atoms with van der Waals surface area (Å²) >= 11 is 0. The van der Waals surface area contributed by atoms with E-state index in [2.05, 4.69) is 10.0 Å². The number of nitro benzene ring substituents is 1. The minimum Gasteiger partial charge on any atom is -0.366 e. The van der Waals surface area contributed by atoms with Gasteiger partial charge in [-0.1, -0.05) is 19.9 Å². The molecule has 1 unspecified atom stereocenters. The average molecular weight is 401 g/mol. The van der Waals surface area contributed by atoms with Crippen LogP contribution in [0.2, 0.25) is 0 Å². The maximum Gasteiger partial charge on any atom is 0.270 e. The molecule has 27 heavy (non-hydrogen) atoms. The maximum absolute atomic E-state index is 12.6. The first kappa shape index (κ1) is 21.2. The van der Waals surface area contributed by atoms with Crippen LogP contribution in [0.15, 0.2) is 29.2 Å². The van der Waals surface area contributed by atoms with Crippen LogP contribution in [-0.2, 0) is 19.6 Å². The number of amides is 1. The summed E-state index contributed by atoms with van der Waals surface area (Å²) in [4.78, 5) is 22.4. The zero-order valence-corrected chi connectivity index (χ0v) is 15.8. The fourth-order valence-electron chi connectivity index (χ4n) is 2.70. The summed E-state index contributed by atoms with van der Waals surface area (Å²) in [7, 11) is -4.16. The third kappa shape index (κ3) is 5.70. The van der Waals surface area contributed by atoms with Crippen molar-refractivity contribution in [2.75, 3.05) is 6.61 Å². The molecule has 1 saturated heterocycles. The van der Waals surface area contributed by atoms with Crippen molar-refractivity contribution in [3.05, 3.63) is 34.4 Å². The third-order valence-electron chi connectivity index (χ3n) is 4.05. The monoisotopic (exact) mass is 401 g/mol. The summed E-state index contributed by atoms with van der Waals surface area (Å²) in [5.74, 6) is -0.592. The SMILES string of the molecule is CC(C)C[C@H](NS(=O)(=O)c1cccc([N+](=O)[O-])c1)C(=O)N[C@H]1CCOC1O. The van der Waals surface area contributed by atoms with E-state index in [9.17, 15) is 28.4 Å². The van der Waals surface area contributed by atoms with Crippen LogP contribution in [0.4, 0.5) is 5.69 Å². The number of rotatable bonds is 8. The number of hydrogen-bond donors (Lipinski definition) is 3. The number of aliphatic hydroxyl groups is 1. The van der Waals surface area contributed by atoms with Crippen molar-refractivity contribution in [3.63, 3.8) is 0 Å². The molecule has 1 aliphatic rings. The van der Waals surface area contributed by atoms with E-state index in [1.807, 2.05) is 13.8 Å². The molecule has 0 spiro atoms. The van der Waals surface area contributed by atoms with Crippen LogP contribution < -0.4 is 10.0 Å². The van der Waals surface area contributed by atoms with Crippen molar-refractivity contribution in [1.82, 2.24) is 10.0 Å². The Kier molecular flexibility index (Phi) is 6.87. The second kappa shape index (κ2) is 8.74. The van der Waals surface area contributed by atoms with Crippen LogP contribution >= 0.6 is 0 Å². The summed E-state index contributed by atoms with van der Waals surface area (Å²) < 4.78 is 32.5. The predicted molar refractivity (Wildman–Crippen MR) is 95.2 cm³/mol. The van der Waals surface area contributed by atoms with Gasteiger partial charge in [0.15, 0.2) is 6.29 Å². The van der Waals surface area contributed by atoms with Crippen LogP contribution in [0, 0.1) is 16.0 Å². The number of nitro groups is 1. The number of hydrogen-bond acceptors (Lipinski definition) is 7. The molecule has 0 radical (unpaired) electrons. The molecule has 3 N–H and O–H groups in total. The zero-order valence-electron chi connectivity index (χ0n) is 15.0. The lowest BCUT2D eigenvalue weighted by atomic mass is 10.0. The first-order valence-electron chi connectivity index (χ1n) is 8.47. The van der Waals surface area contributed by atoms with Gasteiger partial charge < -0.3 is 15.2 Å². The van der Waals surface area contributed by atoms with Crippen LogP contribution in [0.3, 0.4) is 0 Å². The smallest absolute Gasteiger partial charge is 0.270 e. The zero-order chi connectivity index (χ0) is 20.2. The van der Waals surface area contributed by atoms with E-state index in [0.29, 0.717) is 13.0 Å². The van der Waals surface area contributed by atoms with Crippen molar-refractivity contribution < 1.29 is 28.0 Å². The molecule has 0 bridgehead atoms. The highest BCUT2D eigenvalue weighted by molar-refractivity contribution is 7.89. The fraction of sp³-hybridized carbons (Fsp3) is 0.562. The number of non-ortho nitro benzene ring substituents is 1. The van der Waals surface area contributed by atoms with Gasteiger partial charge in [0.1, 0.15) is 6.04 Å². The molecule has 1 aliphatic heterocycles. The highest BCUT2D eigenvalue weighted by Gasteiger charge is 2.32. The molecule has 11 heteroatoms. The Morgan fingerprint density at radius 2 is 2.15 bits per heavy atom. The first-order chi connectivity index (χ1) is 12.6. The largest absolute Gasteiger partial charge is 0.366 e. The Morgan fingerprint density at radius 3 is 2.70 bits per heavy atom. The van der Waals surface area contributed by atoms with E-state index < -0.39 is 39.2 Å². The summed E-state index contributed by atoms with van der Waals surface area (Å²) in [6, 6.07) is 2.88. The lowest BCUT2D eigenvalue weighted by Gasteiger charge is -2.23. The molecule has 0 saturated carbocycles. The number of carbonyl (C=O) groups excluding carboxylic acids is 1. The predicted octanol–water partition coefficient (Wildman–Crippen LogP) is 0.511. The van der Waals surface area contributed by atoms with E-state index in [4.69, 9.17) is 4.74 Å². The van der Waals surface area contributed by atoms with Crippen LogP contribution in [0.1, 0.15) is 26.7 Å². The van der Waals surface area contributed by atoms with Crippen molar-refractivity contribution >= 4 is 21.6 Å². The van der Waals surface area contributed by atoms with Gasteiger partial charge in [-0.25, -0.2) is 8.42 Å². The van der Waals surface area contributed by atoms with Gasteiger partial charge in [0.2, 0.25) is 15.9 Å². The Hall–Kier alpha value is -2.08. The highest BCUT2D eigenvalue weighted by atomic mass is 32.2. The van der Waals surface area contributed by atoms with E-state index >= 15 is 0 Å². The van der Waals surface area contributed by atoms with Crippen LogP contribution in [-0.4, -0.2) is 49.3 Å². The Labute approximate surface area is 157 Å². The van der Waals surface area contributed by atoms with Gasteiger partial charge in [-0.15, -0.1) is 0 Å². The van der Waals surface area contributed by atoms with E-state index in [-0.39, 0.29) is 22.9 Å². The van der Waals surface area contributed by atoms with Crippen molar-refractivity contribution in [2.24, 2.45) is 5.92 Å². The quantitative estimate of drug-likeness (QED) is 0.424. The van der Waals surface area contributed by atoms with Crippen molar-refractivity contribution in [1.29, 1.82) is 0 Å². The maximum atomic E-state index is 12.6. The fourth-order valence-corrected chi connectivity index (χ4v) is 3.95. The van der Waals surface area contributed by atoms with Gasteiger partial charge in [0.25, 0.3) is 5.69 Å². The van der Waals surface area contributed by atoms with Gasteiger partial charge >= 0.3 is 0 Å². The van der Waals surface area contributed by atoms with Crippen molar-refractivity contribution in [3.8, 4) is 0 Å². The molecule has 0 aliphatic carbocycles. The standard InChI is InChI=1S/C16H23N3O7S/c1-10(2)8-14(15(20)17-13-6-7-26-16(13)21)18-27(24,25)12-5-3-4-11(9-12)19(22)23/h3-5,9-10,13-14,16,18,21H,6-8H2,1-2H3,(H,17,20)/t13-,14-,16?/m0/s1. The molecule has 1 aromatic rings. The number of carbonyl (C=O) groups is 1. The average Bonchev–Trinajstić information content (AvgIpc) is 2.98. The Bertz CT molecular complexity index is 797. The minimum absolute atomic E-state index is 0.00156. The summed E-state index contributed by atoms with van der Waals surface area (Å²) in [6.07, 6.45) is -0.509. The molecule has 1 heterocycles. The summed E-state index contributed by atoms with van der Waals surface area (Å²) in [6.45, 7) is 3.95. The molecular formula is C16H23N3O7S. The molecule has 1 fully saturated rings. The molecule has 3 atom stereocenters. The molecule has 10 nitrogen and oxygen atoms in total. The summed E-state index contributed by atoms with van der Waals surface area (Å²) in [5, 5.41) is 23.1. The van der Waals surface area contributed by atoms with E-state index in [1.165, 1.54) is 18.2 Å². The molecule has 1 amide bonds. The third-order valence-corrected chi connectivity index (χ3v) is 5.52. The summed E-state index contributed by atoms with van der Waals surface area (Å²) in [5.41, 5.74) is -0.367. The van der Waals surface area contributed by atoms with E-state index in [1.54, 1.807) is 0 Å². The van der Waals surface area contributed by atoms with E-state index in [0.717, 1.165) is 6.07 Å². The molecule has 1 aromatic carbocycles. The normalized spacial score (nSPS) is 21.2. The molecule has 0 aromatic heterocycles. The lowest BCUT2D eigenvalue weighted by molar-refractivity contribution is -0.385. The second-order valence-corrected chi connectivity index (χ2v) is 8.44. The second-order valence-electron chi connectivity index (χ2n) is 6.72. The number of nitrogens with one attached hydrogen (secondary N) is 2. The van der Waals surface area contributed by atoms with Gasteiger partial charge in [-0.05, 0) is 24.8 Å². The van der Waals surface area contributed by atoms with Gasteiger partial charge in [0, 0.05) is 12.1 Å². The van der Waals surface area contributed by atoms with Gasteiger partial charge in [0.05, 0.1) is 22.5 Å². The minimum atomic E-state index is -4.16. The van der Waals surface area contributed by atoms with Gasteiger partial charge in [-0.3, -0.25) is 14.9 Å². The number of benzene rings is 1. The van der Waals surface area contributed by atoms with Crippen molar-refractivity contribution in [2.45, 2.75) is 50.0 Å². The molecule has 150 valence electrons. The number of sulfonamides is 1. The number of aliphatic hydroxyl groups excluding tert-OH is 1. The number of ether oxygens (including phenoxy) is 1. The highest BCUT2D eigenvalue weighted by Crippen LogP contribution is 2.19. The van der Waals surface area contributed by atoms with Gasteiger partial charge in [-0.2, -0.15) is 4.72 Å². The lowest BCUT2D eigenvalue weighted by Crippen LogP contribution is -2.51. The molecular weight excluding hydrogens is 378 g/mol. The molecule has 2 rings (SSSR count). The number of nitrogens with zero attached hydrogens (tertiary/aromatic N) is 1. The topological polar surface area (TPSA) is 148 Å². The Balaban J connectivity index is 2.19. The van der Waals surface area contributed by atoms with Crippen LogP contribution in [0.5, 0.6) is 0 Å².